The minimum Gasteiger partial charge on any atom is -0.465 e. The summed E-state index contributed by atoms with van der Waals surface area (Å²) in [5, 5.41) is 18.8. The first-order chi connectivity index (χ1) is 13.4. The first-order valence-electron chi connectivity index (χ1n) is 8.17. The zero-order valence-corrected chi connectivity index (χ0v) is 17.0. The molecule has 0 saturated carbocycles. The summed E-state index contributed by atoms with van der Waals surface area (Å²) in [5.74, 6) is -1.12. The van der Waals surface area contributed by atoms with E-state index >= 15 is 0 Å². The van der Waals surface area contributed by atoms with Crippen LogP contribution < -0.4 is 10.6 Å². The molecule has 3 aromatic rings. The van der Waals surface area contributed by atoms with Crippen molar-refractivity contribution in [3.8, 4) is 11.3 Å². The number of halogens is 2. The summed E-state index contributed by atoms with van der Waals surface area (Å²) in [7, 11) is 1.76. The maximum atomic E-state index is 12.9. The number of nitrogens with zero attached hydrogens (tertiary/aromatic N) is 2. The number of aromatic nitrogens is 2. The average molecular weight is 439 g/mol. The number of rotatable bonds is 6. The van der Waals surface area contributed by atoms with Crippen molar-refractivity contribution in [3.63, 3.8) is 0 Å². The van der Waals surface area contributed by atoms with Gasteiger partial charge in [-0.2, -0.15) is 5.10 Å². The zero-order valence-electron chi connectivity index (χ0n) is 14.6. The SMILES string of the molecule is Cn1nccc1-c1c(Cl)sc(NC(=O)C(CNC(=O)O)c2ccccc2)c1Cl. The molecule has 10 heteroatoms. The number of carbonyl (C=O) groups is 2. The van der Waals surface area contributed by atoms with Crippen LogP contribution in [0.1, 0.15) is 11.5 Å². The van der Waals surface area contributed by atoms with E-state index in [4.69, 9.17) is 28.3 Å². The summed E-state index contributed by atoms with van der Waals surface area (Å²) >= 11 is 14.0. The third-order valence-electron chi connectivity index (χ3n) is 4.10. The van der Waals surface area contributed by atoms with E-state index in [0.29, 0.717) is 25.5 Å². The smallest absolute Gasteiger partial charge is 0.404 e. The molecule has 2 aromatic heterocycles. The van der Waals surface area contributed by atoms with E-state index in [1.54, 1.807) is 48.3 Å². The Morgan fingerprint density at radius 3 is 2.57 bits per heavy atom. The van der Waals surface area contributed by atoms with Crippen molar-refractivity contribution in [2.24, 2.45) is 7.05 Å². The number of nitrogens with one attached hydrogen (secondary N) is 2. The van der Waals surface area contributed by atoms with Crippen molar-refractivity contribution in [3.05, 3.63) is 57.5 Å². The highest BCUT2D eigenvalue weighted by atomic mass is 35.5. The van der Waals surface area contributed by atoms with Gasteiger partial charge in [0.05, 0.1) is 22.2 Å². The second kappa shape index (κ2) is 8.64. The number of carbonyl (C=O) groups excluding carboxylic acids is 1. The van der Waals surface area contributed by atoms with E-state index in [1.807, 2.05) is 6.07 Å². The number of thiophene rings is 1. The Morgan fingerprint density at radius 1 is 1.25 bits per heavy atom. The summed E-state index contributed by atoms with van der Waals surface area (Å²) in [4.78, 5) is 23.8. The summed E-state index contributed by atoms with van der Waals surface area (Å²) in [5.41, 5.74) is 1.99. The molecule has 0 radical (unpaired) electrons. The first kappa shape index (κ1) is 20.2. The second-order valence-electron chi connectivity index (χ2n) is 5.87. The molecule has 0 saturated heterocycles. The van der Waals surface area contributed by atoms with Crippen molar-refractivity contribution in [1.29, 1.82) is 0 Å². The van der Waals surface area contributed by atoms with E-state index in [0.717, 1.165) is 17.0 Å². The molecular weight excluding hydrogens is 423 g/mol. The van der Waals surface area contributed by atoms with Crippen LogP contribution in [0.25, 0.3) is 11.3 Å². The van der Waals surface area contributed by atoms with Gasteiger partial charge >= 0.3 is 6.09 Å². The van der Waals surface area contributed by atoms with Gasteiger partial charge in [0.25, 0.3) is 0 Å². The number of carboxylic acid groups (broad SMARTS) is 1. The Kier molecular flexibility index (Phi) is 6.23. The Balaban J connectivity index is 1.88. The molecule has 0 fully saturated rings. The highest BCUT2D eigenvalue weighted by molar-refractivity contribution is 7.21. The van der Waals surface area contributed by atoms with Crippen LogP contribution in [0.2, 0.25) is 9.36 Å². The molecular formula is C18H16Cl2N4O3S. The highest BCUT2D eigenvalue weighted by Gasteiger charge is 2.25. The Morgan fingerprint density at radius 2 is 1.96 bits per heavy atom. The van der Waals surface area contributed by atoms with Gasteiger partial charge < -0.3 is 15.7 Å². The third-order valence-corrected chi connectivity index (χ3v) is 5.90. The molecule has 1 atom stereocenters. The lowest BCUT2D eigenvalue weighted by Crippen LogP contribution is -2.33. The van der Waals surface area contributed by atoms with Gasteiger partial charge in [-0.05, 0) is 11.6 Å². The average Bonchev–Trinajstić information content (AvgIpc) is 3.18. The maximum absolute atomic E-state index is 12.9. The number of hydrogen-bond donors (Lipinski definition) is 3. The van der Waals surface area contributed by atoms with Gasteiger partial charge in [-0.1, -0.05) is 53.5 Å². The van der Waals surface area contributed by atoms with Crippen LogP contribution in [0.15, 0.2) is 42.6 Å². The van der Waals surface area contributed by atoms with E-state index in [2.05, 4.69) is 15.7 Å². The summed E-state index contributed by atoms with van der Waals surface area (Å²) in [6.07, 6.45) is 0.422. The van der Waals surface area contributed by atoms with Gasteiger partial charge in [-0.25, -0.2) is 4.79 Å². The molecule has 0 aliphatic carbocycles. The molecule has 3 rings (SSSR count). The lowest BCUT2D eigenvalue weighted by molar-refractivity contribution is -0.117. The fourth-order valence-corrected chi connectivity index (χ4v) is 4.45. The van der Waals surface area contributed by atoms with Gasteiger partial charge in [0.15, 0.2) is 0 Å². The van der Waals surface area contributed by atoms with Crippen LogP contribution in [0.5, 0.6) is 0 Å². The van der Waals surface area contributed by atoms with Crippen LogP contribution in [-0.4, -0.2) is 33.4 Å². The molecule has 3 N–H and O–H groups in total. The molecule has 28 heavy (non-hydrogen) atoms. The monoisotopic (exact) mass is 438 g/mol. The quantitative estimate of drug-likeness (QED) is 0.529. The van der Waals surface area contributed by atoms with Crippen molar-refractivity contribution >= 4 is 51.5 Å². The van der Waals surface area contributed by atoms with Crippen molar-refractivity contribution in [1.82, 2.24) is 15.1 Å². The van der Waals surface area contributed by atoms with E-state index < -0.39 is 17.9 Å². The van der Waals surface area contributed by atoms with Crippen LogP contribution >= 0.6 is 34.5 Å². The minimum atomic E-state index is -1.20. The molecule has 0 aliphatic rings. The number of amides is 2. The standard InChI is InChI=1S/C18H16Cl2N4O3S/c1-24-12(7-8-22-24)13-14(19)17(28-15(13)20)23-16(25)11(9-21-18(26)27)10-5-3-2-4-6-10/h2-8,11,21H,9H2,1H3,(H,23,25)(H,26,27). The molecule has 7 nitrogen and oxygen atoms in total. The largest absolute Gasteiger partial charge is 0.465 e. The van der Waals surface area contributed by atoms with Crippen LogP contribution in [0.3, 0.4) is 0 Å². The molecule has 0 bridgehead atoms. The normalized spacial score (nSPS) is 11.8. The first-order valence-corrected chi connectivity index (χ1v) is 9.74. The van der Waals surface area contributed by atoms with Gasteiger partial charge in [-0.3, -0.25) is 9.48 Å². The van der Waals surface area contributed by atoms with Crippen LogP contribution in [0.4, 0.5) is 9.80 Å². The number of benzene rings is 1. The molecule has 1 aromatic carbocycles. The van der Waals surface area contributed by atoms with Gasteiger partial charge in [-0.15, -0.1) is 11.3 Å². The Labute approximate surface area is 174 Å². The van der Waals surface area contributed by atoms with Crippen molar-refractivity contribution in [2.75, 3.05) is 11.9 Å². The van der Waals surface area contributed by atoms with E-state index in [-0.39, 0.29) is 6.54 Å². The Bertz CT molecular complexity index is 1000. The van der Waals surface area contributed by atoms with Crippen molar-refractivity contribution in [2.45, 2.75) is 5.92 Å². The van der Waals surface area contributed by atoms with Crippen LogP contribution in [-0.2, 0) is 11.8 Å². The van der Waals surface area contributed by atoms with Gasteiger partial charge in [0.2, 0.25) is 5.91 Å². The highest BCUT2D eigenvalue weighted by Crippen LogP contribution is 2.46. The molecule has 0 spiro atoms. The number of hydrogen-bond acceptors (Lipinski definition) is 4. The second-order valence-corrected chi connectivity index (χ2v) is 7.87. The van der Waals surface area contributed by atoms with Crippen molar-refractivity contribution < 1.29 is 14.7 Å². The summed E-state index contributed by atoms with van der Waals surface area (Å²) < 4.78 is 2.05. The lowest BCUT2D eigenvalue weighted by Gasteiger charge is -2.16. The Hall–Kier alpha value is -2.55. The summed E-state index contributed by atoms with van der Waals surface area (Å²) in [6, 6.07) is 10.7. The number of aryl methyl sites for hydroxylation is 1. The van der Waals surface area contributed by atoms with Gasteiger partial charge in [0.1, 0.15) is 9.34 Å². The predicted octanol–water partition coefficient (Wildman–Crippen LogP) is 4.45. The molecule has 2 heterocycles. The topological polar surface area (TPSA) is 96.3 Å². The van der Waals surface area contributed by atoms with E-state index in [1.165, 1.54) is 0 Å². The number of anilines is 1. The molecule has 2 amide bonds. The minimum absolute atomic E-state index is 0.0729. The van der Waals surface area contributed by atoms with Gasteiger partial charge in [0, 0.05) is 19.8 Å². The molecule has 146 valence electrons. The predicted molar refractivity (Wildman–Crippen MR) is 110 cm³/mol. The summed E-state index contributed by atoms with van der Waals surface area (Å²) in [6.45, 7) is -0.0729. The van der Waals surface area contributed by atoms with E-state index in [9.17, 15) is 9.59 Å². The molecule has 1 unspecified atom stereocenters. The lowest BCUT2D eigenvalue weighted by atomic mass is 9.98. The zero-order chi connectivity index (χ0) is 20.3. The van der Waals surface area contributed by atoms with Crippen LogP contribution in [0, 0.1) is 0 Å². The maximum Gasteiger partial charge on any atom is 0.404 e. The molecule has 0 aliphatic heterocycles. The fourth-order valence-electron chi connectivity index (χ4n) is 2.73. The third kappa shape index (κ3) is 4.30. The fraction of sp³-hybridized carbons (Fsp3) is 0.167.